The van der Waals surface area contributed by atoms with E-state index in [-0.39, 0.29) is 12.5 Å². The molecule has 0 aliphatic heterocycles. The van der Waals surface area contributed by atoms with E-state index in [1.54, 1.807) is 7.05 Å². The first-order valence-corrected chi connectivity index (χ1v) is 9.62. The number of hydrogen-bond acceptors (Lipinski definition) is 4. The van der Waals surface area contributed by atoms with Crippen LogP contribution in [0.2, 0.25) is 0 Å². The second kappa shape index (κ2) is 8.73. The Kier molecular flexibility index (Phi) is 6.86. The largest absolute Gasteiger partial charge is 0.416 e. The van der Waals surface area contributed by atoms with Crippen LogP contribution in [-0.2, 0) is 23.9 Å². The van der Waals surface area contributed by atoms with Crippen LogP contribution in [0.5, 0.6) is 0 Å². The maximum atomic E-state index is 12.6. The molecule has 0 aliphatic rings. The summed E-state index contributed by atoms with van der Waals surface area (Å²) in [7, 11) is 1.65. The van der Waals surface area contributed by atoms with E-state index in [1.807, 2.05) is 20.1 Å². The number of benzene rings is 1. The zero-order chi connectivity index (χ0) is 20.2. The van der Waals surface area contributed by atoms with Crippen LogP contribution in [-0.4, -0.2) is 34.1 Å². The fraction of sp³-hybridized carbons (Fsp3) is 0.421. The van der Waals surface area contributed by atoms with Crippen molar-refractivity contribution >= 4 is 17.7 Å². The minimum absolute atomic E-state index is 0.0809. The van der Waals surface area contributed by atoms with Gasteiger partial charge in [0.1, 0.15) is 0 Å². The number of nitrogens with zero attached hydrogens (tertiary/aromatic N) is 3. The predicted molar refractivity (Wildman–Crippen MR) is 99.5 cm³/mol. The molecule has 0 aliphatic carbocycles. The molecule has 0 N–H and O–H groups in total. The van der Waals surface area contributed by atoms with Gasteiger partial charge in [-0.3, -0.25) is 4.79 Å². The Morgan fingerprint density at radius 3 is 2.15 bits per heavy atom. The molecule has 0 atom stereocenters. The molecule has 0 saturated carbocycles. The molecule has 0 spiro atoms. The molecular formula is C19H22F3N3OS. The van der Waals surface area contributed by atoms with Crippen molar-refractivity contribution in [3.8, 4) is 0 Å². The number of rotatable bonds is 6. The number of aromatic nitrogens is 2. The molecular weight excluding hydrogens is 375 g/mol. The number of thioether (sulfide) groups is 1. The Hall–Kier alpha value is -2.09. The van der Waals surface area contributed by atoms with Gasteiger partial charge in [0.25, 0.3) is 0 Å². The Morgan fingerprint density at radius 2 is 1.67 bits per heavy atom. The van der Waals surface area contributed by atoms with Gasteiger partial charge < -0.3 is 4.90 Å². The minimum Gasteiger partial charge on any atom is -0.341 e. The lowest BCUT2D eigenvalue weighted by Crippen LogP contribution is -2.26. The van der Waals surface area contributed by atoms with Crippen molar-refractivity contribution in [3.05, 3.63) is 52.3 Å². The molecule has 4 nitrogen and oxygen atoms in total. The van der Waals surface area contributed by atoms with E-state index in [9.17, 15) is 18.0 Å². The molecule has 0 unspecified atom stereocenters. The van der Waals surface area contributed by atoms with Gasteiger partial charge in [0.05, 0.1) is 5.56 Å². The molecule has 1 aromatic heterocycles. The number of halogens is 3. The highest BCUT2D eigenvalue weighted by atomic mass is 32.2. The molecule has 1 heterocycles. The molecule has 2 aromatic rings. The molecule has 0 fully saturated rings. The second-order valence-electron chi connectivity index (χ2n) is 6.30. The van der Waals surface area contributed by atoms with Crippen molar-refractivity contribution < 1.29 is 18.0 Å². The normalized spacial score (nSPS) is 11.5. The summed E-state index contributed by atoms with van der Waals surface area (Å²) in [5.41, 5.74) is 2.65. The van der Waals surface area contributed by atoms with Gasteiger partial charge in [-0.15, -0.1) is 0 Å². The Bertz CT molecular complexity index is 784. The van der Waals surface area contributed by atoms with Crippen LogP contribution in [0, 0.1) is 13.8 Å². The molecule has 0 radical (unpaired) electrons. The van der Waals surface area contributed by atoms with Crippen molar-refractivity contribution in [1.82, 2.24) is 14.9 Å². The molecule has 2 rings (SSSR count). The van der Waals surface area contributed by atoms with Crippen molar-refractivity contribution in [3.63, 3.8) is 0 Å². The molecule has 8 heteroatoms. The maximum Gasteiger partial charge on any atom is 0.416 e. The van der Waals surface area contributed by atoms with Gasteiger partial charge in [0, 0.05) is 31.4 Å². The average Bonchev–Trinajstić information content (AvgIpc) is 2.60. The molecule has 0 bridgehead atoms. The third kappa shape index (κ3) is 5.69. The fourth-order valence-corrected chi connectivity index (χ4v) is 3.20. The van der Waals surface area contributed by atoms with Crippen LogP contribution >= 0.6 is 11.8 Å². The summed E-state index contributed by atoms with van der Waals surface area (Å²) in [4.78, 5) is 22.7. The van der Waals surface area contributed by atoms with Gasteiger partial charge in [-0.05, 0) is 49.8 Å². The maximum absolute atomic E-state index is 12.6. The van der Waals surface area contributed by atoms with Crippen LogP contribution < -0.4 is 0 Å². The smallest absolute Gasteiger partial charge is 0.341 e. The van der Waals surface area contributed by atoms with Crippen LogP contribution in [0.1, 0.15) is 34.5 Å². The Balaban J connectivity index is 1.96. The lowest BCUT2D eigenvalue weighted by molar-refractivity contribution is -0.137. The number of carbonyl (C=O) groups excluding carboxylic acids is 1. The Labute approximate surface area is 161 Å². The topological polar surface area (TPSA) is 46.1 Å². The summed E-state index contributed by atoms with van der Waals surface area (Å²) >= 11 is 1.47. The molecule has 1 aromatic carbocycles. The van der Waals surface area contributed by atoms with Crippen molar-refractivity contribution in [1.29, 1.82) is 0 Å². The molecule has 0 saturated heterocycles. The van der Waals surface area contributed by atoms with E-state index in [2.05, 4.69) is 9.97 Å². The minimum atomic E-state index is -4.36. The first-order valence-electron chi connectivity index (χ1n) is 8.40. The highest BCUT2D eigenvalue weighted by Crippen LogP contribution is 2.29. The summed E-state index contributed by atoms with van der Waals surface area (Å²) < 4.78 is 37.8. The summed E-state index contributed by atoms with van der Waals surface area (Å²) in [5.74, 6) is -0.0809. The number of alkyl halides is 3. The molecule has 1 amide bonds. The van der Waals surface area contributed by atoms with Crippen molar-refractivity contribution in [2.45, 2.75) is 44.6 Å². The van der Waals surface area contributed by atoms with Crippen molar-refractivity contribution in [2.24, 2.45) is 0 Å². The first kappa shape index (κ1) is 21.2. The zero-order valence-electron chi connectivity index (χ0n) is 15.7. The van der Waals surface area contributed by atoms with Crippen LogP contribution in [0.25, 0.3) is 0 Å². The summed E-state index contributed by atoms with van der Waals surface area (Å²) in [6.45, 7) is 4.07. The highest BCUT2D eigenvalue weighted by molar-refractivity contribution is 7.98. The third-order valence-corrected chi connectivity index (χ3v) is 4.85. The van der Waals surface area contributed by atoms with E-state index in [0.29, 0.717) is 23.6 Å². The Morgan fingerprint density at radius 1 is 1.11 bits per heavy atom. The average molecular weight is 397 g/mol. The van der Waals surface area contributed by atoms with E-state index in [1.165, 1.54) is 28.8 Å². The predicted octanol–water partition coefficient (Wildman–Crippen LogP) is 4.43. The second-order valence-corrected chi connectivity index (χ2v) is 7.08. The molecule has 146 valence electrons. The quantitative estimate of drug-likeness (QED) is 0.535. The van der Waals surface area contributed by atoms with Gasteiger partial charge in [0.15, 0.2) is 5.16 Å². The monoisotopic (exact) mass is 397 g/mol. The number of hydrogen-bond donors (Lipinski definition) is 0. The third-order valence-electron chi connectivity index (χ3n) is 4.30. The first-order chi connectivity index (χ1) is 12.6. The summed E-state index contributed by atoms with van der Waals surface area (Å²) in [5, 5.41) is 0.708. The van der Waals surface area contributed by atoms with E-state index in [0.717, 1.165) is 29.1 Å². The summed E-state index contributed by atoms with van der Waals surface area (Å²) in [6, 6.07) is 4.86. The van der Waals surface area contributed by atoms with E-state index in [4.69, 9.17) is 0 Å². The van der Waals surface area contributed by atoms with Gasteiger partial charge in [-0.25, -0.2) is 9.97 Å². The number of amides is 1. The lowest BCUT2D eigenvalue weighted by Gasteiger charge is -2.18. The van der Waals surface area contributed by atoms with Gasteiger partial charge in [-0.1, -0.05) is 23.9 Å². The standard InChI is InChI=1S/C19H22F3N3OS/c1-12-16(13(2)24-18(23-12)27-4)9-10-17(26)25(3)11-14-5-7-15(8-6-14)19(20,21)22/h5-8H,9-11H2,1-4H3. The number of aryl methyl sites for hydroxylation is 2. The number of carbonyl (C=O) groups is 1. The lowest BCUT2D eigenvalue weighted by atomic mass is 10.1. The van der Waals surface area contributed by atoms with Crippen LogP contribution in [0.15, 0.2) is 29.4 Å². The van der Waals surface area contributed by atoms with Gasteiger partial charge >= 0.3 is 6.18 Å². The zero-order valence-corrected chi connectivity index (χ0v) is 16.5. The van der Waals surface area contributed by atoms with Gasteiger partial charge in [-0.2, -0.15) is 13.2 Å². The van der Waals surface area contributed by atoms with Crippen LogP contribution in [0.3, 0.4) is 0 Å². The van der Waals surface area contributed by atoms with E-state index >= 15 is 0 Å². The van der Waals surface area contributed by atoms with Crippen LogP contribution in [0.4, 0.5) is 13.2 Å². The highest BCUT2D eigenvalue weighted by Gasteiger charge is 2.30. The molecule has 27 heavy (non-hydrogen) atoms. The summed E-state index contributed by atoms with van der Waals surface area (Å²) in [6.07, 6.45) is -1.62. The SMILES string of the molecule is CSc1nc(C)c(CCC(=O)N(C)Cc2ccc(C(F)(F)F)cc2)c(C)n1. The van der Waals surface area contributed by atoms with Crippen molar-refractivity contribution in [2.75, 3.05) is 13.3 Å². The fourth-order valence-electron chi connectivity index (χ4n) is 2.75. The van der Waals surface area contributed by atoms with Gasteiger partial charge in [0.2, 0.25) is 5.91 Å². The van der Waals surface area contributed by atoms with E-state index < -0.39 is 11.7 Å².